The molecule has 1 saturated heterocycles. The Morgan fingerprint density at radius 1 is 1.32 bits per heavy atom. The maximum absolute atomic E-state index is 12.1. The molecular weight excluding hydrogens is 390 g/mol. The van der Waals surface area contributed by atoms with Crippen molar-refractivity contribution in [3.05, 3.63) is 30.3 Å². The molecule has 0 saturated carbocycles. The molecular formula is C18H25NO8S. The highest BCUT2D eigenvalue weighted by Gasteiger charge is 2.55. The van der Waals surface area contributed by atoms with Crippen LogP contribution < -0.4 is 5.32 Å². The fraction of sp³-hybridized carbons (Fsp3) is 0.556. The van der Waals surface area contributed by atoms with Gasteiger partial charge in [0.25, 0.3) is 0 Å². The van der Waals surface area contributed by atoms with Crippen molar-refractivity contribution in [3.8, 4) is 0 Å². The van der Waals surface area contributed by atoms with Crippen molar-refractivity contribution >= 4 is 23.6 Å². The second-order valence-electron chi connectivity index (χ2n) is 6.51. The Morgan fingerprint density at radius 2 is 1.96 bits per heavy atom. The number of carbonyl (C=O) groups excluding carboxylic acids is 1. The largest absolute Gasteiger partial charge is 0.478 e. The quantitative estimate of drug-likeness (QED) is 0.324. The van der Waals surface area contributed by atoms with Gasteiger partial charge in [-0.25, -0.2) is 4.79 Å². The van der Waals surface area contributed by atoms with Gasteiger partial charge in [-0.05, 0) is 12.1 Å². The number of hydrogen-bond donors (Lipinski definition) is 6. The summed E-state index contributed by atoms with van der Waals surface area (Å²) in [7, 11) is 0. The molecule has 0 unspecified atom stereocenters. The molecule has 1 aromatic rings. The van der Waals surface area contributed by atoms with Crippen molar-refractivity contribution in [3.63, 3.8) is 0 Å². The molecule has 1 fully saturated rings. The maximum Gasteiger partial charge on any atom is 0.347 e. The van der Waals surface area contributed by atoms with Gasteiger partial charge < -0.3 is 35.6 Å². The number of amides is 1. The average molecular weight is 415 g/mol. The molecule has 28 heavy (non-hydrogen) atoms. The first kappa shape index (κ1) is 22.6. The molecule has 2 rings (SSSR count). The number of aliphatic hydroxyl groups is 4. The van der Waals surface area contributed by atoms with Gasteiger partial charge in [0.05, 0.1) is 18.8 Å². The van der Waals surface area contributed by atoms with Crippen molar-refractivity contribution in [2.24, 2.45) is 0 Å². The first-order valence-electron chi connectivity index (χ1n) is 8.83. The predicted molar refractivity (Wildman–Crippen MR) is 99.5 cm³/mol. The first-order valence-corrected chi connectivity index (χ1v) is 9.65. The van der Waals surface area contributed by atoms with Crippen LogP contribution in [0.2, 0.25) is 0 Å². The van der Waals surface area contributed by atoms with Crippen molar-refractivity contribution in [2.75, 3.05) is 6.61 Å². The SMILES string of the molecule is CCC(=O)N[C@H]1[C@H]([C@H](O)[C@H](O)CO)O[C@@](Sc2ccccc2)(C(=O)O)C[C@@H]1O. The molecule has 1 aromatic carbocycles. The molecule has 0 aromatic heterocycles. The van der Waals surface area contributed by atoms with Crippen LogP contribution in [-0.4, -0.2) is 79.4 Å². The fourth-order valence-electron chi connectivity index (χ4n) is 2.96. The van der Waals surface area contributed by atoms with E-state index in [2.05, 4.69) is 5.32 Å². The number of carboxylic acid groups (broad SMARTS) is 1. The van der Waals surface area contributed by atoms with Crippen molar-refractivity contribution in [2.45, 2.75) is 60.1 Å². The summed E-state index contributed by atoms with van der Waals surface area (Å²) < 4.78 is 5.72. The lowest BCUT2D eigenvalue weighted by Crippen LogP contribution is -2.66. The zero-order chi connectivity index (χ0) is 20.9. The predicted octanol–water partition coefficient (Wildman–Crippen LogP) is -0.682. The third kappa shape index (κ3) is 5.02. The third-order valence-corrected chi connectivity index (χ3v) is 5.77. The molecule has 6 N–H and O–H groups in total. The van der Waals surface area contributed by atoms with Crippen LogP contribution in [0.15, 0.2) is 35.2 Å². The van der Waals surface area contributed by atoms with Gasteiger partial charge in [0.15, 0.2) is 0 Å². The van der Waals surface area contributed by atoms with Gasteiger partial charge in [-0.2, -0.15) is 0 Å². The summed E-state index contributed by atoms with van der Waals surface area (Å²) in [5.74, 6) is -1.82. The molecule has 1 amide bonds. The number of carbonyl (C=O) groups is 2. The summed E-state index contributed by atoms with van der Waals surface area (Å²) in [6.45, 7) is 0.781. The zero-order valence-electron chi connectivity index (χ0n) is 15.3. The third-order valence-electron chi connectivity index (χ3n) is 4.49. The number of nitrogens with one attached hydrogen (secondary N) is 1. The number of aliphatic carboxylic acids is 1. The van der Waals surface area contributed by atoms with E-state index in [-0.39, 0.29) is 12.8 Å². The Kier molecular flexibility index (Phi) is 7.81. The van der Waals surface area contributed by atoms with Crippen LogP contribution in [0.1, 0.15) is 19.8 Å². The number of benzene rings is 1. The smallest absolute Gasteiger partial charge is 0.347 e. The van der Waals surface area contributed by atoms with Gasteiger partial charge in [-0.1, -0.05) is 36.9 Å². The van der Waals surface area contributed by atoms with E-state index in [0.29, 0.717) is 4.90 Å². The average Bonchev–Trinajstić information content (AvgIpc) is 2.69. The van der Waals surface area contributed by atoms with E-state index < -0.39 is 53.9 Å². The highest BCUT2D eigenvalue weighted by atomic mass is 32.2. The minimum Gasteiger partial charge on any atom is -0.478 e. The van der Waals surface area contributed by atoms with Crippen molar-refractivity contribution in [1.29, 1.82) is 0 Å². The van der Waals surface area contributed by atoms with Crippen LogP contribution in [0.25, 0.3) is 0 Å². The molecule has 156 valence electrons. The zero-order valence-corrected chi connectivity index (χ0v) is 16.1. The minimum absolute atomic E-state index is 0.0947. The van der Waals surface area contributed by atoms with Gasteiger partial charge in [-0.15, -0.1) is 0 Å². The second-order valence-corrected chi connectivity index (χ2v) is 7.85. The molecule has 0 bridgehead atoms. The van der Waals surface area contributed by atoms with Gasteiger partial charge in [-0.3, -0.25) is 4.79 Å². The van der Waals surface area contributed by atoms with Gasteiger partial charge >= 0.3 is 5.97 Å². The van der Waals surface area contributed by atoms with Gasteiger partial charge in [0, 0.05) is 17.7 Å². The standard InChI is InChI=1S/C18H25NO8S/c1-2-13(23)19-14-11(21)8-18(17(25)26,28-10-6-4-3-5-7-10)27-16(14)15(24)12(22)9-20/h3-7,11-12,14-16,20-22,24H,2,8-9H2,1H3,(H,19,23)(H,25,26)/t11-,12+,14+,15+,16+,18-/m0/s1. The van der Waals surface area contributed by atoms with E-state index in [9.17, 15) is 30.0 Å². The lowest BCUT2D eigenvalue weighted by Gasteiger charge is -2.46. The van der Waals surface area contributed by atoms with Crippen molar-refractivity contribution < 1.29 is 39.9 Å². The molecule has 1 heterocycles. The Morgan fingerprint density at radius 3 is 2.50 bits per heavy atom. The molecule has 1 aliphatic rings. The molecule has 6 atom stereocenters. The summed E-state index contributed by atoms with van der Waals surface area (Å²) in [5.41, 5.74) is 0. The number of thioether (sulfide) groups is 1. The summed E-state index contributed by atoms with van der Waals surface area (Å²) in [4.78, 5) is 22.5. The number of hydrogen-bond acceptors (Lipinski definition) is 8. The summed E-state index contributed by atoms with van der Waals surface area (Å²) in [5, 5.41) is 52.4. The normalized spacial score (nSPS) is 29.7. The van der Waals surface area contributed by atoms with Crippen LogP contribution in [0.4, 0.5) is 0 Å². The molecule has 0 spiro atoms. The van der Waals surface area contributed by atoms with Crippen LogP contribution in [0.5, 0.6) is 0 Å². The number of ether oxygens (including phenoxy) is 1. The van der Waals surface area contributed by atoms with Crippen molar-refractivity contribution in [1.82, 2.24) is 5.32 Å². The molecule has 1 aliphatic heterocycles. The first-order chi connectivity index (χ1) is 13.2. The molecule has 9 nitrogen and oxygen atoms in total. The van der Waals surface area contributed by atoms with E-state index in [1.54, 1.807) is 37.3 Å². The monoisotopic (exact) mass is 415 g/mol. The number of carboxylic acids is 1. The molecule has 10 heteroatoms. The number of aliphatic hydroxyl groups excluding tert-OH is 4. The Balaban J connectivity index is 2.39. The van der Waals surface area contributed by atoms with E-state index in [1.807, 2.05) is 0 Å². The Bertz CT molecular complexity index is 675. The van der Waals surface area contributed by atoms with Crippen LogP contribution in [0.3, 0.4) is 0 Å². The topological polar surface area (TPSA) is 157 Å². The Labute approximate surface area is 166 Å². The highest BCUT2D eigenvalue weighted by Crippen LogP contribution is 2.43. The van der Waals surface area contributed by atoms with Gasteiger partial charge in [0.1, 0.15) is 18.3 Å². The molecule has 0 radical (unpaired) electrons. The van der Waals surface area contributed by atoms with Gasteiger partial charge in [0.2, 0.25) is 10.8 Å². The molecule has 0 aliphatic carbocycles. The van der Waals surface area contributed by atoms with E-state index in [4.69, 9.17) is 9.84 Å². The summed E-state index contributed by atoms with van der Waals surface area (Å²) in [6.07, 6.45) is -6.50. The van der Waals surface area contributed by atoms with Crippen LogP contribution >= 0.6 is 11.8 Å². The summed E-state index contributed by atoms with van der Waals surface area (Å²) >= 11 is 0.841. The minimum atomic E-state index is -1.96. The fourth-order valence-corrected chi connectivity index (χ4v) is 4.14. The Hall–Kier alpha value is -1.69. The maximum atomic E-state index is 12.1. The second kappa shape index (κ2) is 9.68. The lowest BCUT2D eigenvalue weighted by atomic mass is 9.89. The van der Waals surface area contributed by atoms with E-state index >= 15 is 0 Å². The van der Waals surface area contributed by atoms with E-state index in [0.717, 1.165) is 11.8 Å². The van der Waals surface area contributed by atoms with Crippen LogP contribution in [-0.2, 0) is 14.3 Å². The van der Waals surface area contributed by atoms with Crippen LogP contribution in [0, 0.1) is 0 Å². The van der Waals surface area contributed by atoms with E-state index in [1.165, 1.54) is 0 Å². The summed E-state index contributed by atoms with van der Waals surface area (Å²) in [6, 6.07) is 7.36. The highest BCUT2D eigenvalue weighted by molar-refractivity contribution is 8.01. The number of rotatable bonds is 8. The lowest BCUT2D eigenvalue weighted by molar-refractivity contribution is -0.205.